The molecule has 1 amide bonds. The summed E-state index contributed by atoms with van der Waals surface area (Å²) < 4.78 is 26.4. The lowest BCUT2D eigenvalue weighted by atomic mass is 10.1. The molecule has 0 spiro atoms. The summed E-state index contributed by atoms with van der Waals surface area (Å²) in [6, 6.07) is 6.97. The second-order valence-electron chi connectivity index (χ2n) is 4.33. The van der Waals surface area contributed by atoms with E-state index in [0.29, 0.717) is 5.69 Å². The molecule has 0 aliphatic rings. The van der Waals surface area contributed by atoms with Gasteiger partial charge in [0.05, 0.1) is 0 Å². The van der Waals surface area contributed by atoms with Crippen LogP contribution >= 0.6 is 11.5 Å². The van der Waals surface area contributed by atoms with Crippen LogP contribution in [0.3, 0.4) is 0 Å². The molecular weight excluding hydrogens is 298 g/mol. The summed E-state index contributed by atoms with van der Waals surface area (Å²) in [7, 11) is -3.39. The average Bonchev–Trinajstić information content (AvgIpc) is 2.91. The summed E-state index contributed by atoms with van der Waals surface area (Å²) in [6.07, 6.45) is 1.04. The lowest BCUT2D eigenvalue weighted by Crippen LogP contribution is -2.31. The predicted octanol–water partition coefficient (Wildman–Crippen LogP) is 1.58. The molecule has 0 bridgehead atoms. The maximum atomic E-state index is 11.8. The number of carbonyl (C=O) groups excluding carboxylic acids is 1. The minimum atomic E-state index is -3.39. The maximum Gasteiger partial charge on any atom is 0.242 e. The van der Waals surface area contributed by atoms with Gasteiger partial charge < -0.3 is 5.32 Å². The third-order valence-electron chi connectivity index (χ3n) is 2.82. The van der Waals surface area contributed by atoms with E-state index in [4.69, 9.17) is 0 Å². The van der Waals surface area contributed by atoms with Gasteiger partial charge >= 0.3 is 0 Å². The summed E-state index contributed by atoms with van der Waals surface area (Å²) in [5.41, 5.74) is 2.18. The Kier molecular flexibility index (Phi) is 4.15. The highest BCUT2D eigenvalue weighted by Gasteiger charge is 2.23. The lowest BCUT2D eigenvalue weighted by molar-refractivity contribution is -0.115. The van der Waals surface area contributed by atoms with Crippen molar-refractivity contribution in [3.8, 4) is 11.3 Å². The molecule has 0 aliphatic carbocycles. The summed E-state index contributed by atoms with van der Waals surface area (Å²) in [5, 5.41) is 7.25. The number of aromatic nitrogens is 2. The van der Waals surface area contributed by atoms with Gasteiger partial charge in [-0.2, -0.15) is 0 Å². The second-order valence-corrected chi connectivity index (χ2v) is 7.30. The molecular formula is C12H13N3O3S2. The first-order valence-corrected chi connectivity index (χ1v) is 8.54. The van der Waals surface area contributed by atoms with E-state index >= 15 is 0 Å². The molecule has 0 saturated carbocycles. The minimum Gasteiger partial charge on any atom is -0.325 e. The lowest BCUT2D eigenvalue weighted by Gasteiger charge is -2.10. The molecule has 8 heteroatoms. The van der Waals surface area contributed by atoms with Gasteiger partial charge in [0, 0.05) is 22.9 Å². The zero-order chi connectivity index (χ0) is 14.8. The number of nitrogens with one attached hydrogen (secondary N) is 1. The molecule has 1 heterocycles. The summed E-state index contributed by atoms with van der Waals surface area (Å²) in [4.78, 5) is 11.8. The van der Waals surface area contributed by atoms with Crippen LogP contribution in [-0.4, -0.2) is 35.4 Å². The Bertz CT molecular complexity index is 694. The zero-order valence-electron chi connectivity index (χ0n) is 10.9. The molecule has 0 unspecified atom stereocenters. The number of carbonyl (C=O) groups is 1. The quantitative estimate of drug-likeness (QED) is 0.926. The van der Waals surface area contributed by atoms with E-state index in [0.717, 1.165) is 17.5 Å². The molecule has 0 fully saturated rings. The summed E-state index contributed by atoms with van der Waals surface area (Å²) in [6.45, 7) is 1.36. The molecule has 1 aromatic carbocycles. The van der Waals surface area contributed by atoms with E-state index in [9.17, 15) is 13.2 Å². The number of hydrogen-bond acceptors (Lipinski definition) is 6. The fraction of sp³-hybridized carbons (Fsp3) is 0.250. The highest BCUT2D eigenvalue weighted by atomic mass is 32.2. The van der Waals surface area contributed by atoms with Crippen molar-refractivity contribution < 1.29 is 13.2 Å². The normalized spacial score (nSPS) is 12.9. The van der Waals surface area contributed by atoms with Crippen LogP contribution in [0.1, 0.15) is 6.92 Å². The molecule has 6 nitrogen and oxygen atoms in total. The van der Waals surface area contributed by atoms with Crippen molar-refractivity contribution in [1.29, 1.82) is 0 Å². The van der Waals surface area contributed by atoms with E-state index in [1.165, 1.54) is 18.5 Å². The van der Waals surface area contributed by atoms with Gasteiger partial charge in [-0.3, -0.25) is 4.79 Å². The Balaban J connectivity index is 2.10. The standard InChI is InChI=1S/C12H13N3O3S2/c1-8(20(2,17)18)12(16)13-10-5-3-9(4-6-10)11-7-19-15-14-11/h3-8H,1-2H3,(H,13,16)/t8-/m0/s1. The van der Waals surface area contributed by atoms with Crippen LogP contribution in [0, 0.1) is 0 Å². The predicted molar refractivity (Wildman–Crippen MR) is 78.3 cm³/mol. The fourth-order valence-corrected chi connectivity index (χ4v) is 2.37. The molecule has 2 rings (SSSR count). The zero-order valence-corrected chi connectivity index (χ0v) is 12.5. The van der Waals surface area contributed by atoms with Gasteiger partial charge in [-0.05, 0) is 30.6 Å². The van der Waals surface area contributed by atoms with E-state index in [2.05, 4.69) is 14.9 Å². The van der Waals surface area contributed by atoms with Gasteiger partial charge in [0.25, 0.3) is 0 Å². The number of nitrogens with zero attached hydrogens (tertiary/aromatic N) is 2. The Morgan fingerprint density at radius 2 is 1.95 bits per heavy atom. The summed E-state index contributed by atoms with van der Waals surface area (Å²) >= 11 is 1.26. The third kappa shape index (κ3) is 3.40. The molecule has 0 saturated heterocycles. The van der Waals surface area contributed by atoms with Crippen molar-refractivity contribution in [2.75, 3.05) is 11.6 Å². The van der Waals surface area contributed by atoms with E-state index < -0.39 is 21.0 Å². The number of rotatable bonds is 4. The second kappa shape index (κ2) is 5.68. The first-order chi connectivity index (χ1) is 9.38. The fourth-order valence-electron chi connectivity index (χ4n) is 1.45. The van der Waals surface area contributed by atoms with Crippen LogP contribution in [0.2, 0.25) is 0 Å². The van der Waals surface area contributed by atoms with Crippen molar-refractivity contribution >= 4 is 33.0 Å². The number of hydrogen-bond donors (Lipinski definition) is 1. The largest absolute Gasteiger partial charge is 0.325 e. The number of benzene rings is 1. The van der Waals surface area contributed by atoms with Crippen molar-refractivity contribution in [2.45, 2.75) is 12.2 Å². The number of amides is 1. The van der Waals surface area contributed by atoms with Crippen LogP contribution < -0.4 is 5.32 Å². The van der Waals surface area contributed by atoms with Gasteiger partial charge in [-0.1, -0.05) is 16.6 Å². The first kappa shape index (κ1) is 14.6. The molecule has 20 heavy (non-hydrogen) atoms. The molecule has 2 aromatic rings. The van der Waals surface area contributed by atoms with Gasteiger partial charge in [-0.15, -0.1) is 5.10 Å². The van der Waals surface area contributed by atoms with Crippen LogP contribution in [0.4, 0.5) is 5.69 Å². The molecule has 0 radical (unpaired) electrons. The monoisotopic (exact) mass is 311 g/mol. The number of sulfone groups is 1. The van der Waals surface area contributed by atoms with Gasteiger partial charge in [0.1, 0.15) is 10.9 Å². The topological polar surface area (TPSA) is 89.0 Å². The van der Waals surface area contributed by atoms with E-state index in [1.807, 2.05) is 5.38 Å². The highest BCUT2D eigenvalue weighted by Crippen LogP contribution is 2.20. The molecule has 0 aliphatic heterocycles. The summed E-state index contributed by atoms with van der Waals surface area (Å²) in [5.74, 6) is -0.546. The van der Waals surface area contributed by atoms with Crippen molar-refractivity contribution in [3.63, 3.8) is 0 Å². The third-order valence-corrected chi connectivity index (χ3v) is 4.82. The van der Waals surface area contributed by atoms with Crippen molar-refractivity contribution in [2.24, 2.45) is 0 Å². The Morgan fingerprint density at radius 3 is 2.45 bits per heavy atom. The Hall–Kier alpha value is -1.80. The Morgan fingerprint density at radius 1 is 1.30 bits per heavy atom. The molecule has 1 aromatic heterocycles. The van der Waals surface area contributed by atoms with E-state index in [1.54, 1.807) is 24.3 Å². The first-order valence-electron chi connectivity index (χ1n) is 5.75. The van der Waals surface area contributed by atoms with Gasteiger partial charge in [-0.25, -0.2) is 8.42 Å². The highest BCUT2D eigenvalue weighted by molar-refractivity contribution is 7.92. The van der Waals surface area contributed by atoms with Crippen LogP contribution in [0.25, 0.3) is 11.3 Å². The van der Waals surface area contributed by atoms with Crippen LogP contribution in [-0.2, 0) is 14.6 Å². The Labute approximate surface area is 120 Å². The average molecular weight is 311 g/mol. The minimum absolute atomic E-state index is 0.539. The molecule has 1 atom stereocenters. The molecule has 1 N–H and O–H groups in total. The SMILES string of the molecule is C[C@@H](C(=O)Nc1ccc(-c2csnn2)cc1)S(C)(=O)=O. The van der Waals surface area contributed by atoms with Crippen molar-refractivity contribution in [3.05, 3.63) is 29.6 Å². The number of anilines is 1. The smallest absolute Gasteiger partial charge is 0.242 e. The van der Waals surface area contributed by atoms with Crippen LogP contribution in [0.15, 0.2) is 29.6 Å². The van der Waals surface area contributed by atoms with Gasteiger partial charge in [0.15, 0.2) is 9.84 Å². The van der Waals surface area contributed by atoms with Crippen molar-refractivity contribution in [1.82, 2.24) is 9.59 Å². The van der Waals surface area contributed by atoms with Crippen LogP contribution in [0.5, 0.6) is 0 Å². The maximum absolute atomic E-state index is 11.8. The molecule has 106 valence electrons. The van der Waals surface area contributed by atoms with E-state index in [-0.39, 0.29) is 0 Å². The van der Waals surface area contributed by atoms with Gasteiger partial charge in [0.2, 0.25) is 5.91 Å².